The summed E-state index contributed by atoms with van der Waals surface area (Å²) < 4.78 is 26.4. The van der Waals surface area contributed by atoms with Gasteiger partial charge in [-0.2, -0.15) is 0 Å². The van der Waals surface area contributed by atoms with Crippen LogP contribution in [0.3, 0.4) is 0 Å². The maximum atomic E-state index is 13.4. The number of benzene rings is 2. The molecule has 8 heteroatoms. The fourth-order valence-electron chi connectivity index (χ4n) is 4.12. The standard InChI is InChI=1S/C23H25FN2O5/c1-13-22(16-11-15(27)5-6-17(16)25(13)2)23(29)26-9-8-19(18(28)12-26)31-20-7-4-14(24)10-21(20)30-3/h4-7,10-11,18-19,27-28H,8-9,12H2,1-3H3/t18-,19-/m1/s1. The molecule has 1 saturated heterocycles. The maximum Gasteiger partial charge on any atom is 0.256 e. The molecule has 0 aliphatic carbocycles. The molecule has 1 fully saturated rings. The van der Waals surface area contributed by atoms with Crippen molar-refractivity contribution in [1.82, 2.24) is 9.47 Å². The van der Waals surface area contributed by atoms with Gasteiger partial charge < -0.3 is 29.2 Å². The van der Waals surface area contributed by atoms with Crippen molar-refractivity contribution in [3.8, 4) is 17.2 Å². The van der Waals surface area contributed by atoms with Crippen LogP contribution in [0, 0.1) is 12.7 Å². The number of aliphatic hydroxyl groups is 1. The minimum atomic E-state index is -0.920. The number of amides is 1. The molecule has 0 saturated carbocycles. The SMILES string of the molecule is COc1cc(F)ccc1O[C@@H]1CCN(C(=O)c2c(C)n(C)c3ccc(O)cc23)C[C@H]1O. The van der Waals surface area contributed by atoms with Crippen molar-refractivity contribution in [3.05, 3.63) is 53.5 Å². The zero-order valence-electron chi connectivity index (χ0n) is 17.6. The molecule has 2 atom stereocenters. The van der Waals surface area contributed by atoms with Crippen LogP contribution in [0.4, 0.5) is 4.39 Å². The van der Waals surface area contributed by atoms with E-state index in [1.54, 1.807) is 23.1 Å². The van der Waals surface area contributed by atoms with E-state index in [0.29, 0.717) is 29.7 Å². The summed E-state index contributed by atoms with van der Waals surface area (Å²) in [4.78, 5) is 14.9. The molecule has 2 aromatic carbocycles. The third-order valence-corrected chi connectivity index (χ3v) is 5.90. The van der Waals surface area contributed by atoms with Crippen molar-refractivity contribution >= 4 is 16.8 Å². The normalized spacial score (nSPS) is 18.9. The minimum Gasteiger partial charge on any atom is -0.508 e. The Balaban J connectivity index is 1.53. The fraction of sp³-hybridized carbons (Fsp3) is 0.348. The highest BCUT2D eigenvalue weighted by Gasteiger charge is 2.34. The predicted molar refractivity (Wildman–Crippen MR) is 113 cm³/mol. The first-order chi connectivity index (χ1) is 14.8. The summed E-state index contributed by atoms with van der Waals surface area (Å²) >= 11 is 0. The average Bonchev–Trinajstić information content (AvgIpc) is 2.99. The molecule has 7 nitrogen and oxygen atoms in total. The van der Waals surface area contributed by atoms with Crippen LogP contribution in [0.2, 0.25) is 0 Å². The number of phenols is 1. The minimum absolute atomic E-state index is 0.0903. The molecule has 31 heavy (non-hydrogen) atoms. The summed E-state index contributed by atoms with van der Waals surface area (Å²) in [6, 6.07) is 8.90. The lowest BCUT2D eigenvalue weighted by atomic mass is 10.0. The van der Waals surface area contributed by atoms with Gasteiger partial charge in [0.05, 0.1) is 19.2 Å². The average molecular weight is 428 g/mol. The lowest BCUT2D eigenvalue weighted by Crippen LogP contribution is -2.51. The Bertz CT molecular complexity index is 1140. The molecule has 1 aliphatic rings. The lowest BCUT2D eigenvalue weighted by molar-refractivity contribution is -0.0207. The van der Waals surface area contributed by atoms with Gasteiger partial charge in [-0.25, -0.2) is 4.39 Å². The predicted octanol–water partition coefficient (Wildman–Crippen LogP) is 2.99. The molecule has 4 rings (SSSR count). The van der Waals surface area contributed by atoms with Gasteiger partial charge in [0.1, 0.15) is 23.8 Å². The van der Waals surface area contributed by atoms with Crippen molar-refractivity contribution in [1.29, 1.82) is 0 Å². The Kier molecular flexibility index (Phi) is 5.49. The monoisotopic (exact) mass is 428 g/mol. The zero-order valence-corrected chi connectivity index (χ0v) is 17.6. The summed E-state index contributed by atoms with van der Waals surface area (Å²) in [7, 11) is 3.29. The van der Waals surface area contributed by atoms with Gasteiger partial charge >= 0.3 is 0 Å². The number of phenolic OH excluding ortho intramolecular Hbond substituents is 1. The molecule has 2 N–H and O–H groups in total. The molecule has 1 amide bonds. The van der Waals surface area contributed by atoms with E-state index in [4.69, 9.17) is 9.47 Å². The van der Waals surface area contributed by atoms with Crippen LogP contribution in [0.5, 0.6) is 17.2 Å². The van der Waals surface area contributed by atoms with E-state index in [1.165, 1.54) is 25.3 Å². The number of likely N-dealkylation sites (tertiary alicyclic amines) is 1. The van der Waals surface area contributed by atoms with Crippen LogP contribution in [-0.4, -0.2) is 58.0 Å². The van der Waals surface area contributed by atoms with Gasteiger partial charge in [0.15, 0.2) is 11.5 Å². The molecule has 1 aliphatic heterocycles. The summed E-state index contributed by atoms with van der Waals surface area (Å²) in [6.07, 6.45) is -1.07. The number of aliphatic hydroxyl groups excluding tert-OH is 1. The number of carbonyl (C=O) groups excluding carboxylic acids is 1. The number of aromatic nitrogens is 1. The number of carbonyl (C=O) groups is 1. The molecule has 0 spiro atoms. The highest BCUT2D eigenvalue weighted by atomic mass is 19.1. The molecule has 0 bridgehead atoms. The second-order valence-electron chi connectivity index (χ2n) is 7.78. The van der Waals surface area contributed by atoms with Crippen molar-refractivity contribution < 1.29 is 28.9 Å². The number of ether oxygens (including phenoxy) is 2. The number of piperidine rings is 1. The van der Waals surface area contributed by atoms with E-state index in [9.17, 15) is 19.4 Å². The second kappa shape index (κ2) is 8.11. The third-order valence-electron chi connectivity index (χ3n) is 5.90. The van der Waals surface area contributed by atoms with Gasteiger partial charge in [-0.15, -0.1) is 0 Å². The fourth-order valence-corrected chi connectivity index (χ4v) is 4.12. The Labute approximate surface area is 179 Å². The Morgan fingerprint density at radius 3 is 2.68 bits per heavy atom. The van der Waals surface area contributed by atoms with Gasteiger partial charge in [-0.1, -0.05) is 0 Å². The Hall–Kier alpha value is -3.26. The van der Waals surface area contributed by atoms with Crippen LogP contribution >= 0.6 is 0 Å². The first-order valence-electron chi connectivity index (χ1n) is 10.1. The van der Waals surface area contributed by atoms with Crippen LogP contribution in [-0.2, 0) is 7.05 Å². The highest BCUT2D eigenvalue weighted by Crippen LogP contribution is 2.32. The maximum absolute atomic E-state index is 13.4. The molecular formula is C23H25FN2O5. The Morgan fingerprint density at radius 1 is 1.19 bits per heavy atom. The number of aryl methyl sites for hydroxylation is 1. The molecule has 0 unspecified atom stereocenters. The summed E-state index contributed by atoms with van der Waals surface area (Å²) in [5.41, 5.74) is 2.15. The smallest absolute Gasteiger partial charge is 0.256 e. The van der Waals surface area contributed by atoms with Crippen LogP contribution < -0.4 is 9.47 Å². The van der Waals surface area contributed by atoms with Crippen LogP contribution in [0.1, 0.15) is 22.5 Å². The molecule has 0 radical (unpaired) electrons. The van der Waals surface area contributed by atoms with E-state index < -0.39 is 18.0 Å². The van der Waals surface area contributed by atoms with E-state index in [-0.39, 0.29) is 24.0 Å². The largest absolute Gasteiger partial charge is 0.508 e. The van der Waals surface area contributed by atoms with E-state index in [2.05, 4.69) is 0 Å². The van der Waals surface area contributed by atoms with Crippen molar-refractivity contribution in [2.45, 2.75) is 25.6 Å². The number of β-amino-alcohol motifs (C(OH)–C–C–N with tert-alkyl or cyclic N) is 1. The van der Waals surface area contributed by atoms with Crippen molar-refractivity contribution in [3.63, 3.8) is 0 Å². The number of rotatable bonds is 4. The summed E-state index contributed by atoms with van der Waals surface area (Å²) in [6.45, 7) is 2.34. The van der Waals surface area contributed by atoms with Crippen LogP contribution in [0.25, 0.3) is 10.9 Å². The quantitative estimate of drug-likeness (QED) is 0.668. The highest BCUT2D eigenvalue weighted by molar-refractivity contribution is 6.08. The first kappa shape index (κ1) is 21.0. The topological polar surface area (TPSA) is 84.2 Å². The van der Waals surface area contributed by atoms with Gasteiger partial charge in [-0.05, 0) is 37.3 Å². The number of aromatic hydroxyl groups is 1. The molecule has 164 valence electrons. The van der Waals surface area contributed by atoms with Crippen molar-refractivity contribution in [2.75, 3.05) is 20.2 Å². The van der Waals surface area contributed by atoms with E-state index >= 15 is 0 Å². The van der Waals surface area contributed by atoms with Crippen molar-refractivity contribution in [2.24, 2.45) is 7.05 Å². The molecule has 1 aromatic heterocycles. The summed E-state index contributed by atoms with van der Waals surface area (Å²) in [5, 5.41) is 21.2. The molecule has 3 aromatic rings. The second-order valence-corrected chi connectivity index (χ2v) is 7.78. The zero-order chi connectivity index (χ0) is 22.3. The number of hydrogen-bond donors (Lipinski definition) is 2. The number of methoxy groups -OCH3 is 1. The lowest BCUT2D eigenvalue weighted by Gasteiger charge is -2.36. The van der Waals surface area contributed by atoms with Gasteiger partial charge in [-0.3, -0.25) is 4.79 Å². The first-order valence-corrected chi connectivity index (χ1v) is 10.1. The van der Waals surface area contributed by atoms with E-state index in [0.717, 1.165) is 11.2 Å². The van der Waals surface area contributed by atoms with Gasteiger partial charge in [0.25, 0.3) is 5.91 Å². The number of fused-ring (bicyclic) bond motifs is 1. The van der Waals surface area contributed by atoms with E-state index in [1.807, 2.05) is 18.5 Å². The Morgan fingerprint density at radius 2 is 1.97 bits per heavy atom. The van der Waals surface area contributed by atoms with Gasteiger partial charge in [0, 0.05) is 42.7 Å². The number of hydrogen-bond acceptors (Lipinski definition) is 5. The molecule has 2 heterocycles. The molecular weight excluding hydrogens is 403 g/mol. The van der Waals surface area contributed by atoms with Crippen LogP contribution in [0.15, 0.2) is 36.4 Å². The number of nitrogens with zero attached hydrogens (tertiary/aromatic N) is 2. The number of halogens is 1. The van der Waals surface area contributed by atoms with Gasteiger partial charge in [0.2, 0.25) is 0 Å². The third kappa shape index (κ3) is 3.79. The summed E-state index contributed by atoms with van der Waals surface area (Å²) in [5.74, 6) is 0.0322.